The van der Waals surface area contributed by atoms with Crippen LogP contribution in [0, 0.1) is 0 Å². The molecule has 3 aromatic rings. The van der Waals surface area contributed by atoms with Crippen molar-refractivity contribution in [3.05, 3.63) is 69.5 Å². The van der Waals surface area contributed by atoms with Gasteiger partial charge in [0.15, 0.2) is 0 Å². The summed E-state index contributed by atoms with van der Waals surface area (Å²) in [6.45, 7) is -0.148. The molecule has 0 fully saturated rings. The quantitative estimate of drug-likeness (QED) is 0.714. The molecule has 2 N–H and O–H groups in total. The second kappa shape index (κ2) is 6.87. The number of nitrogens with one attached hydrogen (secondary N) is 2. The Hall–Kier alpha value is -2.35. The highest BCUT2D eigenvalue weighted by atomic mass is 35.5. The lowest BCUT2D eigenvalue weighted by Crippen LogP contribution is -2.27. The lowest BCUT2D eigenvalue weighted by molar-refractivity contribution is 0.415. The number of halogens is 1. The first-order valence-corrected chi connectivity index (χ1v) is 9.21. The van der Waals surface area contributed by atoms with E-state index in [1.807, 2.05) is 0 Å². The van der Waals surface area contributed by atoms with E-state index in [4.69, 9.17) is 16.3 Å². The molecule has 0 radical (unpaired) electrons. The number of rotatable bonds is 5. The van der Waals surface area contributed by atoms with E-state index in [9.17, 15) is 13.2 Å². The van der Waals surface area contributed by atoms with Crippen molar-refractivity contribution in [1.29, 1.82) is 0 Å². The molecule has 0 atom stereocenters. The third-order valence-electron chi connectivity index (χ3n) is 3.71. The Balaban J connectivity index is 1.89. The Morgan fingerprint density at radius 1 is 1.16 bits per heavy atom. The number of H-pyrrole nitrogens is 1. The molecule has 1 aromatic heterocycles. The number of sulfonamides is 1. The highest BCUT2D eigenvalue weighted by molar-refractivity contribution is 7.89. The second-order valence-electron chi connectivity index (χ2n) is 5.33. The molecule has 0 aliphatic carbocycles. The summed E-state index contributed by atoms with van der Waals surface area (Å²) in [4.78, 5) is 14.9. The zero-order chi connectivity index (χ0) is 18.0. The van der Waals surface area contributed by atoms with Crippen LogP contribution in [0.1, 0.15) is 5.56 Å². The normalized spacial score (nSPS) is 11.6. The monoisotopic (exact) mass is 378 g/mol. The summed E-state index contributed by atoms with van der Waals surface area (Å²) >= 11 is 5.93. The van der Waals surface area contributed by atoms with Gasteiger partial charge in [-0.3, -0.25) is 4.79 Å². The minimum absolute atomic E-state index is 0.0291. The average Bonchev–Trinajstić information content (AvgIpc) is 2.59. The predicted octanol–water partition coefficient (Wildman–Crippen LogP) is 2.67. The smallest absolute Gasteiger partial charge is 0.252 e. The van der Waals surface area contributed by atoms with Crippen LogP contribution in [-0.2, 0) is 16.6 Å². The summed E-state index contributed by atoms with van der Waals surface area (Å²) in [6.07, 6.45) is 0. The van der Waals surface area contributed by atoms with E-state index in [1.165, 1.54) is 19.2 Å². The van der Waals surface area contributed by atoms with Crippen molar-refractivity contribution in [3.63, 3.8) is 0 Å². The summed E-state index contributed by atoms with van der Waals surface area (Å²) in [5.74, 6) is 0.621. The molecule has 0 aliphatic rings. The summed E-state index contributed by atoms with van der Waals surface area (Å²) < 4.78 is 32.2. The molecule has 1 heterocycles. The molecular weight excluding hydrogens is 364 g/mol. The zero-order valence-electron chi connectivity index (χ0n) is 13.2. The van der Waals surface area contributed by atoms with E-state index >= 15 is 0 Å². The summed E-state index contributed by atoms with van der Waals surface area (Å²) in [5, 5.41) is 0.891. The highest BCUT2D eigenvalue weighted by Crippen LogP contribution is 2.21. The Morgan fingerprint density at radius 3 is 2.64 bits per heavy atom. The number of pyridine rings is 1. The Kier molecular flexibility index (Phi) is 4.80. The average molecular weight is 379 g/mol. The number of ether oxygens (including phenoxy) is 1. The predicted molar refractivity (Wildman–Crippen MR) is 96.6 cm³/mol. The van der Waals surface area contributed by atoms with Crippen LogP contribution < -0.4 is 15.0 Å². The molecule has 3 rings (SSSR count). The maximum Gasteiger partial charge on any atom is 0.252 e. The Bertz CT molecular complexity index is 1090. The molecule has 25 heavy (non-hydrogen) atoms. The maximum absolute atomic E-state index is 12.4. The van der Waals surface area contributed by atoms with Crippen LogP contribution in [0.5, 0.6) is 5.75 Å². The molecule has 130 valence electrons. The number of methoxy groups -OCH3 is 1. The number of aromatic nitrogens is 1. The second-order valence-corrected chi connectivity index (χ2v) is 7.47. The fraction of sp³-hybridized carbons (Fsp3) is 0.118. The first kappa shape index (κ1) is 17.5. The van der Waals surface area contributed by atoms with Gasteiger partial charge in [0, 0.05) is 18.2 Å². The highest BCUT2D eigenvalue weighted by Gasteiger charge is 2.17. The molecule has 8 heteroatoms. The first-order chi connectivity index (χ1) is 11.9. The molecule has 0 bridgehead atoms. The van der Waals surface area contributed by atoms with Crippen LogP contribution in [0.2, 0.25) is 5.02 Å². The third-order valence-corrected chi connectivity index (χ3v) is 5.61. The SMILES string of the molecule is COc1ccc2cc(CNS(=O)(=O)c3ccccc3Cl)c(=O)[nH]c2c1. The van der Waals surface area contributed by atoms with E-state index in [-0.39, 0.29) is 22.0 Å². The van der Waals surface area contributed by atoms with Gasteiger partial charge in [-0.2, -0.15) is 0 Å². The van der Waals surface area contributed by atoms with Gasteiger partial charge >= 0.3 is 0 Å². The van der Waals surface area contributed by atoms with E-state index in [0.717, 1.165) is 5.39 Å². The number of hydrogen-bond acceptors (Lipinski definition) is 4. The van der Waals surface area contributed by atoms with Crippen LogP contribution in [0.25, 0.3) is 10.9 Å². The molecule has 0 saturated carbocycles. The lowest BCUT2D eigenvalue weighted by atomic mass is 10.1. The van der Waals surface area contributed by atoms with Gasteiger partial charge < -0.3 is 9.72 Å². The van der Waals surface area contributed by atoms with Crippen molar-refractivity contribution in [2.75, 3.05) is 7.11 Å². The van der Waals surface area contributed by atoms with Crippen molar-refractivity contribution < 1.29 is 13.2 Å². The number of benzene rings is 2. The molecule has 6 nitrogen and oxygen atoms in total. The van der Waals surface area contributed by atoms with Gasteiger partial charge in [0.05, 0.1) is 17.6 Å². The molecule has 0 amide bonds. The van der Waals surface area contributed by atoms with Gasteiger partial charge in [-0.15, -0.1) is 0 Å². The third kappa shape index (κ3) is 3.68. The van der Waals surface area contributed by atoms with Crippen LogP contribution in [0.4, 0.5) is 0 Å². The van der Waals surface area contributed by atoms with Crippen molar-refractivity contribution >= 4 is 32.5 Å². The van der Waals surface area contributed by atoms with Gasteiger partial charge in [-0.1, -0.05) is 23.7 Å². The van der Waals surface area contributed by atoms with Gasteiger partial charge in [-0.25, -0.2) is 13.1 Å². The Labute approximate surface area is 149 Å². The zero-order valence-corrected chi connectivity index (χ0v) is 14.8. The molecule has 0 unspecified atom stereocenters. The first-order valence-electron chi connectivity index (χ1n) is 7.35. The standard InChI is InChI=1S/C17H15ClN2O4S/c1-24-13-7-6-11-8-12(17(21)20-15(11)9-13)10-19-25(22,23)16-5-3-2-4-14(16)18/h2-9,19H,10H2,1H3,(H,20,21). The maximum atomic E-state index is 12.4. The lowest BCUT2D eigenvalue weighted by Gasteiger charge is -2.09. The van der Waals surface area contributed by atoms with Gasteiger partial charge in [0.2, 0.25) is 10.0 Å². The summed E-state index contributed by atoms with van der Waals surface area (Å²) in [6, 6.07) is 13.0. The molecular formula is C17H15ClN2O4S. The topological polar surface area (TPSA) is 88.3 Å². The summed E-state index contributed by atoms with van der Waals surface area (Å²) in [5.41, 5.74) is 0.540. The minimum atomic E-state index is -3.82. The van der Waals surface area contributed by atoms with Crippen LogP contribution >= 0.6 is 11.6 Å². The number of fused-ring (bicyclic) bond motifs is 1. The molecule has 0 aliphatic heterocycles. The largest absolute Gasteiger partial charge is 0.497 e. The van der Waals surface area contributed by atoms with E-state index in [2.05, 4.69) is 9.71 Å². The fourth-order valence-corrected chi connectivity index (χ4v) is 3.92. The van der Waals surface area contributed by atoms with Crippen molar-refractivity contribution in [2.24, 2.45) is 0 Å². The van der Waals surface area contributed by atoms with Crippen LogP contribution in [-0.4, -0.2) is 20.5 Å². The Morgan fingerprint density at radius 2 is 1.92 bits per heavy atom. The van der Waals surface area contributed by atoms with E-state index in [1.54, 1.807) is 36.4 Å². The van der Waals surface area contributed by atoms with Crippen LogP contribution in [0.15, 0.2) is 58.2 Å². The fourth-order valence-electron chi connectivity index (χ4n) is 2.40. The minimum Gasteiger partial charge on any atom is -0.497 e. The van der Waals surface area contributed by atoms with Crippen molar-refractivity contribution in [2.45, 2.75) is 11.4 Å². The molecule has 2 aromatic carbocycles. The number of hydrogen-bond donors (Lipinski definition) is 2. The summed E-state index contributed by atoms with van der Waals surface area (Å²) in [7, 11) is -2.29. The van der Waals surface area contributed by atoms with Crippen molar-refractivity contribution in [3.8, 4) is 5.75 Å². The van der Waals surface area contributed by atoms with Crippen LogP contribution in [0.3, 0.4) is 0 Å². The van der Waals surface area contributed by atoms with Crippen molar-refractivity contribution in [1.82, 2.24) is 9.71 Å². The number of aromatic amines is 1. The van der Waals surface area contributed by atoms with E-state index < -0.39 is 10.0 Å². The molecule has 0 spiro atoms. The molecule has 0 saturated heterocycles. The van der Waals surface area contributed by atoms with E-state index in [0.29, 0.717) is 16.8 Å². The van der Waals surface area contributed by atoms with Gasteiger partial charge in [0.1, 0.15) is 10.6 Å². The van der Waals surface area contributed by atoms with Gasteiger partial charge in [0.25, 0.3) is 5.56 Å². The van der Waals surface area contributed by atoms with Gasteiger partial charge in [-0.05, 0) is 35.7 Å².